The number of benzene rings is 3. The molecule has 0 aliphatic carbocycles. The van der Waals surface area contributed by atoms with Crippen LogP contribution >= 0.6 is 11.6 Å². The summed E-state index contributed by atoms with van der Waals surface area (Å²) < 4.78 is 31.3. The zero-order valence-electron chi connectivity index (χ0n) is 17.4. The number of nitrogens with one attached hydrogen (secondary N) is 1. The molecule has 8 heteroatoms. The molecular weight excluding hydrogens is 436 g/mol. The summed E-state index contributed by atoms with van der Waals surface area (Å²) in [4.78, 5) is 12.6. The lowest BCUT2D eigenvalue weighted by atomic mass is 10.1. The number of carbonyl (C=O) groups excluding carboxylic acids is 1. The lowest BCUT2D eigenvalue weighted by Crippen LogP contribution is -2.29. The molecule has 162 valence electrons. The zero-order chi connectivity index (χ0) is 22.6. The third-order valence-corrected chi connectivity index (χ3v) is 6.02. The van der Waals surface area contributed by atoms with Crippen LogP contribution in [0, 0.1) is 6.92 Å². The summed E-state index contributed by atoms with van der Waals surface area (Å²) >= 11 is 6.01. The van der Waals surface area contributed by atoms with Crippen LogP contribution < -0.4 is 14.4 Å². The van der Waals surface area contributed by atoms with Crippen LogP contribution in [-0.4, -0.2) is 27.7 Å². The van der Waals surface area contributed by atoms with Gasteiger partial charge in [0.2, 0.25) is 10.0 Å². The Morgan fingerprint density at radius 1 is 1.06 bits per heavy atom. The lowest BCUT2D eigenvalue weighted by Gasteiger charge is -2.23. The molecule has 0 aromatic heterocycles. The van der Waals surface area contributed by atoms with Gasteiger partial charge in [0.1, 0.15) is 5.75 Å². The minimum atomic E-state index is -3.48. The number of carbonyl (C=O) groups is 1. The summed E-state index contributed by atoms with van der Waals surface area (Å²) in [5, 5.41) is 3.26. The molecule has 0 atom stereocenters. The number of rotatable bonds is 7. The van der Waals surface area contributed by atoms with Gasteiger partial charge in [-0.2, -0.15) is 0 Å². The maximum Gasteiger partial charge on any atom is 0.255 e. The van der Waals surface area contributed by atoms with Crippen molar-refractivity contribution >= 4 is 38.9 Å². The standard InChI is InChI=1S/C23H23ClN2O4S/c1-16-5-4-6-20(13-16)26(31(3,28)29)15-17-7-9-18(10-8-17)23(27)25-21-14-19(24)11-12-22(21)30-2/h4-14H,15H2,1-3H3,(H,25,27). The van der Waals surface area contributed by atoms with E-state index in [0.29, 0.717) is 27.7 Å². The van der Waals surface area contributed by atoms with Crippen molar-refractivity contribution < 1.29 is 17.9 Å². The summed E-state index contributed by atoms with van der Waals surface area (Å²) in [6.45, 7) is 2.07. The topological polar surface area (TPSA) is 75.7 Å². The van der Waals surface area contributed by atoms with E-state index in [1.165, 1.54) is 17.7 Å². The molecule has 0 fully saturated rings. The molecule has 6 nitrogen and oxygen atoms in total. The molecule has 0 unspecified atom stereocenters. The maximum absolute atomic E-state index is 12.6. The van der Waals surface area contributed by atoms with E-state index in [1.54, 1.807) is 48.5 Å². The van der Waals surface area contributed by atoms with Crippen LogP contribution in [0.4, 0.5) is 11.4 Å². The minimum Gasteiger partial charge on any atom is -0.495 e. The fourth-order valence-corrected chi connectivity index (χ4v) is 4.14. The number of methoxy groups -OCH3 is 1. The van der Waals surface area contributed by atoms with E-state index in [0.717, 1.165) is 11.1 Å². The predicted molar refractivity (Wildman–Crippen MR) is 125 cm³/mol. The normalized spacial score (nSPS) is 11.1. The van der Waals surface area contributed by atoms with E-state index in [1.807, 2.05) is 25.1 Å². The van der Waals surface area contributed by atoms with Crippen molar-refractivity contribution in [2.24, 2.45) is 0 Å². The molecule has 0 radical (unpaired) electrons. The fourth-order valence-electron chi connectivity index (χ4n) is 3.08. The first-order valence-electron chi connectivity index (χ1n) is 9.45. The van der Waals surface area contributed by atoms with Crippen molar-refractivity contribution in [2.75, 3.05) is 23.0 Å². The summed E-state index contributed by atoms with van der Waals surface area (Å²) in [5.74, 6) is 0.169. The van der Waals surface area contributed by atoms with E-state index in [9.17, 15) is 13.2 Å². The van der Waals surface area contributed by atoms with E-state index >= 15 is 0 Å². The SMILES string of the molecule is COc1ccc(Cl)cc1NC(=O)c1ccc(CN(c2cccc(C)c2)S(C)(=O)=O)cc1. The summed E-state index contributed by atoms with van der Waals surface area (Å²) in [6.07, 6.45) is 1.18. The van der Waals surface area contributed by atoms with Crippen LogP contribution in [0.2, 0.25) is 5.02 Å². The van der Waals surface area contributed by atoms with Gasteiger partial charge in [-0.15, -0.1) is 0 Å². The second kappa shape index (κ2) is 9.41. The van der Waals surface area contributed by atoms with Crippen LogP contribution in [0.15, 0.2) is 66.7 Å². The summed E-state index contributed by atoms with van der Waals surface area (Å²) in [7, 11) is -1.97. The molecule has 31 heavy (non-hydrogen) atoms. The van der Waals surface area contributed by atoms with Gasteiger partial charge < -0.3 is 10.1 Å². The monoisotopic (exact) mass is 458 g/mol. The molecule has 1 amide bonds. The highest BCUT2D eigenvalue weighted by Gasteiger charge is 2.18. The van der Waals surface area contributed by atoms with Gasteiger partial charge in [-0.25, -0.2) is 8.42 Å². The number of ether oxygens (including phenoxy) is 1. The Bertz CT molecular complexity index is 1190. The summed E-state index contributed by atoms with van der Waals surface area (Å²) in [6, 6.07) is 19.0. The molecule has 0 bridgehead atoms. The molecule has 1 N–H and O–H groups in total. The average molecular weight is 459 g/mol. The largest absolute Gasteiger partial charge is 0.495 e. The van der Waals surface area contributed by atoms with Crippen molar-refractivity contribution in [1.82, 2.24) is 0 Å². The van der Waals surface area contributed by atoms with Gasteiger partial charge in [0, 0.05) is 10.6 Å². The Balaban J connectivity index is 1.79. The molecule has 0 aliphatic rings. The Morgan fingerprint density at radius 2 is 1.77 bits per heavy atom. The van der Waals surface area contributed by atoms with Crippen LogP contribution in [0.5, 0.6) is 5.75 Å². The Hall–Kier alpha value is -3.03. The molecule has 3 rings (SSSR count). The van der Waals surface area contributed by atoms with Crippen molar-refractivity contribution in [1.29, 1.82) is 0 Å². The van der Waals surface area contributed by atoms with Gasteiger partial charge in [0.05, 0.1) is 31.3 Å². The molecular formula is C23H23ClN2O4S. The quantitative estimate of drug-likeness (QED) is 0.547. The number of anilines is 2. The van der Waals surface area contributed by atoms with E-state index in [-0.39, 0.29) is 12.5 Å². The smallest absolute Gasteiger partial charge is 0.255 e. The van der Waals surface area contributed by atoms with Crippen molar-refractivity contribution in [2.45, 2.75) is 13.5 Å². The number of nitrogens with zero attached hydrogens (tertiary/aromatic N) is 1. The Kier molecular flexibility index (Phi) is 6.87. The highest BCUT2D eigenvalue weighted by atomic mass is 35.5. The van der Waals surface area contributed by atoms with E-state index in [2.05, 4.69) is 5.32 Å². The van der Waals surface area contributed by atoms with Crippen molar-refractivity contribution in [3.63, 3.8) is 0 Å². The minimum absolute atomic E-state index is 0.159. The van der Waals surface area contributed by atoms with Crippen LogP contribution in [0.1, 0.15) is 21.5 Å². The number of amides is 1. The fraction of sp³-hybridized carbons (Fsp3) is 0.174. The van der Waals surface area contributed by atoms with E-state index < -0.39 is 10.0 Å². The lowest BCUT2D eigenvalue weighted by molar-refractivity contribution is 0.102. The number of hydrogen-bond donors (Lipinski definition) is 1. The third kappa shape index (κ3) is 5.77. The number of sulfonamides is 1. The number of aryl methyl sites for hydroxylation is 1. The molecule has 3 aromatic rings. The van der Waals surface area contributed by atoms with Crippen LogP contribution in [0.3, 0.4) is 0 Å². The van der Waals surface area contributed by atoms with Crippen molar-refractivity contribution in [3.05, 3.63) is 88.4 Å². The van der Waals surface area contributed by atoms with Gasteiger partial charge in [-0.1, -0.05) is 35.9 Å². The van der Waals surface area contributed by atoms with Gasteiger partial charge in [0.25, 0.3) is 5.91 Å². The summed E-state index contributed by atoms with van der Waals surface area (Å²) in [5.41, 5.74) is 3.20. The van der Waals surface area contributed by atoms with E-state index in [4.69, 9.17) is 16.3 Å². The second-order valence-corrected chi connectivity index (χ2v) is 9.45. The van der Waals surface area contributed by atoms with Gasteiger partial charge >= 0.3 is 0 Å². The third-order valence-electron chi connectivity index (χ3n) is 4.64. The second-order valence-electron chi connectivity index (χ2n) is 7.10. The molecule has 0 saturated heterocycles. The predicted octanol–water partition coefficient (Wildman–Crippen LogP) is 4.88. The van der Waals surface area contributed by atoms with Gasteiger partial charge in [-0.3, -0.25) is 9.10 Å². The average Bonchev–Trinajstić information content (AvgIpc) is 2.71. The highest BCUT2D eigenvalue weighted by molar-refractivity contribution is 7.92. The molecule has 0 aliphatic heterocycles. The van der Waals surface area contributed by atoms with Gasteiger partial charge in [-0.05, 0) is 60.5 Å². The number of halogens is 1. The van der Waals surface area contributed by atoms with Crippen molar-refractivity contribution in [3.8, 4) is 5.75 Å². The first kappa shape index (κ1) is 22.7. The molecule has 3 aromatic carbocycles. The molecule has 0 saturated carbocycles. The molecule has 0 spiro atoms. The maximum atomic E-state index is 12.6. The molecule has 0 heterocycles. The first-order chi connectivity index (χ1) is 14.7. The van der Waals surface area contributed by atoms with Crippen LogP contribution in [0.25, 0.3) is 0 Å². The Morgan fingerprint density at radius 3 is 2.39 bits per heavy atom. The number of hydrogen-bond acceptors (Lipinski definition) is 4. The Labute approximate surface area is 187 Å². The zero-order valence-corrected chi connectivity index (χ0v) is 19.0. The van der Waals surface area contributed by atoms with Crippen LogP contribution in [-0.2, 0) is 16.6 Å². The first-order valence-corrected chi connectivity index (χ1v) is 11.7. The van der Waals surface area contributed by atoms with Gasteiger partial charge in [0.15, 0.2) is 0 Å². The highest BCUT2D eigenvalue weighted by Crippen LogP contribution is 2.28.